The Bertz CT molecular complexity index is 441. The molecule has 1 aromatic rings. The van der Waals surface area contributed by atoms with E-state index >= 15 is 0 Å². The number of nitrogens with one attached hydrogen (secondary N) is 1. The Kier molecular flexibility index (Phi) is 3.34. The first-order valence-electron chi connectivity index (χ1n) is 5.45. The second-order valence-electron chi connectivity index (χ2n) is 3.81. The van der Waals surface area contributed by atoms with Crippen molar-refractivity contribution in [3.05, 3.63) is 29.6 Å². The lowest BCUT2D eigenvalue weighted by Crippen LogP contribution is -2.46. The maximum Gasteiger partial charge on any atom is 0.272 e. The quantitative estimate of drug-likeness (QED) is 0.703. The molecule has 0 radical (unpaired) electrons. The molecular weight excluding hydrogens is 220 g/mol. The van der Waals surface area contributed by atoms with E-state index in [0.29, 0.717) is 13.1 Å². The highest BCUT2D eigenvalue weighted by Crippen LogP contribution is 2.05. The summed E-state index contributed by atoms with van der Waals surface area (Å²) in [6, 6.07) is 4.70. The Balaban J connectivity index is 2.18. The van der Waals surface area contributed by atoms with Crippen molar-refractivity contribution in [3.63, 3.8) is 0 Å². The number of amides is 2. The average molecular weight is 234 g/mol. The standard InChI is InChI=1S/C11H14N4O2/c12-10(16)8-2-1-3-9(14-8)11(17)15-6-4-13-5-7-15/h1-3,13H,4-7H2,(H2,12,16). The van der Waals surface area contributed by atoms with Crippen molar-refractivity contribution < 1.29 is 9.59 Å². The Morgan fingerprint density at radius 3 is 2.53 bits per heavy atom. The molecule has 0 atom stereocenters. The number of carbonyl (C=O) groups excluding carboxylic acids is 2. The van der Waals surface area contributed by atoms with Crippen molar-refractivity contribution >= 4 is 11.8 Å². The first-order valence-corrected chi connectivity index (χ1v) is 5.45. The minimum Gasteiger partial charge on any atom is -0.364 e. The zero-order valence-electron chi connectivity index (χ0n) is 9.35. The van der Waals surface area contributed by atoms with Gasteiger partial charge in [0, 0.05) is 26.2 Å². The molecule has 1 aliphatic heterocycles. The van der Waals surface area contributed by atoms with Crippen LogP contribution in [0.2, 0.25) is 0 Å². The lowest BCUT2D eigenvalue weighted by atomic mass is 10.2. The van der Waals surface area contributed by atoms with Crippen molar-refractivity contribution in [2.24, 2.45) is 5.73 Å². The third-order valence-electron chi connectivity index (χ3n) is 2.62. The molecule has 1 fully saturated rings. The normalized spacial score (nSPS) is 15.6. The fourth-order valence-corrected chi connectivity index (χ4v) is 1.72. The molecule has 1 saturated heterocycles. The van der Waals surface area contributed by atoms with Crippen LogP contribution in [0, 0.1) is 0 Å². The molecule has 0 aromatic carbocycles. The molecule has 1 aliphatic rings. The molecule has 0 saturated carbocycles. The number of hydrogen-bond acceptors (Lipinski definition) is 4. The van der Waals surface area contributed by atoms with E-state index in [1.165, 1.54) is 6.07 Å². The fraction of sp³-hybridized carbons (Fsp3) is 0.364. The molecule has 2 rings (SSSR count). The van der Waals surface area contributed by atoms with Gasteiger partial charge < -0.3 is 16.0 Å². The van der Waals surface area contributed by atoms with E-state index in [1.807, 2.05) is 0 Å². The molecule has 2 amide bonds. The van der Waals surface area contributed by atoms with E-state index < -0.39 is 5.91 Å². The smallest absolute Gasteiger partial charge is 0.272 e. The van der Waals surface area contributed by atoms with Gasteiger partial charge in [-0.25, -0.2) is 4.98 Å². The van der Waals surface area contributed by atoms with E-state index in [1.54, 1.807) is 17.0 Å². The third-order valence-corrected chi connectivity index (χ3v) is 2.62. The summed E-state index contributed by atoms with van der Waals surface area (Å²) in [5.74, 6) is -0.783. The van der Waals surface area contributed by atoms with Crippen LogP contribution in [0.1, 0.15) is 21.0 Å². The summed E-state index contributed by atoms with van der Waals surface area (Å²) in [5.41, 5.74) is 5.51. The number of nitrogens with zero attached hydrogens (tertiary/aromatic N) is 2. The summed E-state index contributed by atoms with van der Waals surface area (Å²) in [5, 5.41) is 3.16. The van der Waals surface area contributed by atoms with Gasteiger partial charge >= 0.3 is 0 Å². The summed E-state index contributed by atoms with van der Waals surface area (Å²) in [7, 11) is 0. The summed E-state index contributed by atoms with van der Waals surface area (Å²) in [4.78, 5) is 28.7. The number of pyridine rings is 1. The minimum atomic E-state index is -0.625. The molecule has 17 heavy (non-hydrogen) atoms. The van der Waals surface area contributed by atoms with Crippen molar-refractivity contribution in [2.75, 3.05) is 26.2 Å². The van der Waals surface area contributed by atoms with Crippen LogP contribution in [0.5, 0.6) is 0 Å². The first-order chi connectivity index (χ1) is 8.18. The monoisotopic (exact) mass is 234 g/mol. The Labute approximate surface area is 98.8 Å². The molecule has 6 heteroatoms. The van der Waals surface area contributed by atoms with Gasteiger partial charge in [0.25, 0.3) is 11.8 Å². The Morgan fingerprint density at radius 1 is 1.24 bits per heavy atom. The van der Waals surface area contributed by atoms with Crippen LogP contribution in [-0.4, -0.2) is 47.9 Å². The zero-order chi connectivity index (χ0) is 12.3. The number of hydrogen-bond donors (Lipinski definition) is 2. The highest BCUT2D eigenvalue weighted by atomic mass is 16.2. The predicted octanol–water partition coefficient (Wildman–Crippen LogP) is -0.774. The maximum atomic E-state index is 12.1. The van der Waals surface area contributed by atoms with Gasteiger partial charge in [0.1, 0.15) is 11.4 Å². The van der Waals surface area contributed by atoms with E-state index in [4.69, 9.17) is 5.73 Å². The lowest BCUT2D eigenvalue weighted by molar-refractivity contribution is 0.0730. The largest absolute Gasteiger partial charge is 0.364 e. The second-order valence-corrected chi connectivity index (χ2v) is 3.81. The molecule has 6 nitrogen and oxygen atoms in total. The average Bonchev–Trinajstić information content (AvgIpc) is 2.39. The third kappa shape index (κ3) is 2.59. The van der Waals surface area contributed by atoms with Crippen LogP contribution in [-0.2, 0) is 0 Å². The molecule has 0 spiro atoms. The highest BCUT2D eigenvalue weighted by molar-refractivity contribution is 5.95. The van der Waals surface area contributed by atoms with Gasteiger partial charge in [-0.05, 0) is 12.1 Å². The first kappa shape index (κ1) is 11.5. The van der Waals surface area contributed by atoms with Crippen molar-refractivity contribution in [1.82, 2.24) is 15.2 Å². The van der Waals surface area contributed by atoms with Crippen LogP contribution in [0.15, 0.2) is 18.2 Å². The van der Waals surface area contributed by atoms with Gasteiger partial charge in [-0.15, -0.1) is 0 Å². The maximum absolute atomic E-state index is 12.1. The van der Waals surface area contributed by atoms with E-state index in [-0.39, 0.29) is 17.3 Å². The summed E-state index contributed by atoms with van der Waals surface area (Å²) >= 11 is 0. The van der Waals surface area contributed by atoms with E-state index in [0.717, 1.165) is 13.1 Å². The van der Waals surface area contributed by atoms with E-state index in [2.05, 4.69) is 10.3 Å². The van der Waals surface area contributed by atoms with Gasteiger partial charge in [-0.2, -0.15) is 0 Å². The lowest BCUT2D eigenvalue weighted by Gasteiger charge is -2.27. The van der Waals surface area contributed by atoms with Crippen LogP contribution < -0.4 is 11.1 Å². The van der Waals surface area contributed by atoms with Crippen LogP contribution in [0.3, 0.4) is 0 Å². The van der Waals surface area contributed by atoms with Crippen molar-refractivity contribution in [1.29, 1.82) is 0 Å². The molecule has 0 bridgehead atoms. The number of nitrogens with two attached hydrogens (primary N) is 1. The highest BCUT2D eigenvalue weighted by Gasteiger charge is 2.19. The van der Waals surface area contributed by atoms with Crippen molar-refractivity contribution in [3.8, 4) is 0 Å². The summed E-state index contributed by atoms with van der Waals surface area (Å²) < 4.78 is 0. The van der Waals surface area contributed by atoms with Crippen LogP contribution in [0.25, 0.3) is 0 Å². The minimum absolute atomic E-state index is 0.117. The molecule has 0 unspecified atom stereocenters. The number of piperazine rings is 1. The molecule has 3 N–H and O–H groups in total. The SMILES string of the molecule is NC(=O)c1cccc(C(=O)N2CCNCC2)n1. The van der Waals surface area contributed by atoms with Gasteiger partial charge in [-0.1, -0.05) is 6.07 Å². The number of carbonyl (C=O) groups is 2. The van der Waals surface area contributed by atoms with E-state index in [9.17, 15) is 9.59 Å². The summed E-state index contributed by atoms with van der Waals surface area (Å²) in [6.45, 7) is 2.87. The van der Waals surface area contributed by atoms with Gasteiger partial charge in [0.05, 0.1) is 0 Å². The predicted molar refractivity (Wildman–Crippen MR) is 61.5 cm³/mol. The molecule has 0 aliphatic carbocycles. The summed E-state index contributed by atoms with van der Waals surface area (Å²) in [6.07, 6.45) is 0. The molecule has 1 aromatic heterocycles. The zero-order valence-corrected chi connectivity index (χ0v) is 9.35. The van der Waals surface area contributed by atoms with Gasteiger partial charge in [0.2, 0.25) is 0 Å². The van der Waals surface area contributed by atoms with Crippen LogP contribution in [0.4, 0.5) is 0 Å². The van der Waals surface area contributed by atoms with Crippen molar-refractivity contribution in [2.45, 2.75) is 0 Å². The molecular formula is C11H14N4O2. The molecule has 2 heterocycles. The number of rotatable bonds is 2. The Morgan fingerprint density at radius 2 is 1.88 bits per heavy atom. The Hall–Kier alpha value is -1.95. The second kappa shape index (κ2) is 4.92. The number of primary amides is 1. The topological polar surface area (TPSA) is 88.3 Å². The van der Waals surface area contributed by atoms with Crippen LogP contribution >= 0.6 is 0 Å². The fourth-order valence-electron chi connectivity index (χ4n) is 1.72. The molecule has 90 valence electrons. The van der Waals surface area contributed by atoms with Gasteiger partial charge in [-0.3, -0.25) is 9.59 Å². The van der Waals surface area contributed by atoms with Gasteiger partial charge in [0.15, 0.2) is 0 Å². The number of aromatic nitrogens is 1.